The lowest BCUT2D eigenvalue weighted by Crippen LogP contribution is -1.94. The van der Waals surface area contributed by atoms with Gasteiger partial charge in [0.25, 0.3) is 0 Å². The first-order chi connectivity index (χ1) is 6.31. The predicted molar refractivity (Wildman–Crippen MR) is 53.1 cm³/mol. The molecule has 1 aliphatic rings. The van der Waals surface area contributed by atoms with Gasteiger partial charge >= 0.3 is 0 Å². The number of nitrogens with zero attached hydrogens (tertiary/aromatic N) is 1. The van der Waals surface area contributed by atoms with Crippen molar-refractivity contribution in [2.75, 3.05) is 5.73 Å². The summed E-state index contributed by atoms with van der Waals surface area (Å²) in [7, 11) is 0. The summed E-state index contributed by atoms with van der Waals surface area (Å²) in [6.45, 7) is 0. The van der Waals surface area contributed by atoms with Crippen LogP contribution in [0, 0.1) is 0 Å². The molecule has 0 amide bonds. The predicted octanol–water partition coefficient (Wildman–Crippen LogP) is 2.20. The van der Waals surface area contributed by atoms with Gasteiger partial charge in [-0.3, -0.25) is 4.79 Å². The van der Waals surface area contributed by atoms with Gasteiger partial charge < -0.3 is 5.73 Å². The molecule has 1 saturated carbocycles. The van der Waals surface area contributed by atoms with Crippen LogP contribution >= 0.6 is 11.3 Å². The molecular formula is C9H12N2OS. The maximum atomic E-state index is 10.7. The Hall–Kier alpha value is -0.900. The summed E-state index contributed by atoms with van der Waals surface area (Å²) < 4.78 is 0. The van der Waals surface area contributed by atoms with Gasteiger partial charge in [-0.25, -0.2) is 4.98 Å². The standard InChI is InChI=1S/C9H12N2OS/c10-9-11-7(5-12)8(13-9)6-3-1-2-4-6/h5-6H,1-4H2,(H2,10,11). The van der Waals surface area contributed by atoms with E-state index in [0.29, 0.717) is 16.7 Å². The zero-order valence-corrected chi connectivity index (χ0v) is 8.14. The van der Waals surface area contributed by atoms with E-state index in [1.165, 1.54) is 37.0 Å². The molecule has 2 rings (SSSR count). The summed E-state index contributed by atoms with van der Waals surface area (Å²) in [6.07, 6.45) is 5.72. The van der Waals surface area contributed by atoms with Crippen LogP contribution in [0.2, 0.25) is 0 Å². The fourth-order valence-corrected chi connectivity index (χ4v) is 2.90. The lowest BCUT2D eigenvalue weighted by molar-refractivity contribution is 0.111. The maximum Gasteiger partial charge on any atom is 0.180 e. The van der Waals surface area contributed by atoms with Crippen molar-refractivity contribution in [3.8, 4) is 0 Å². The van der Waals surface area contributed by atoms with Gasteiger partial charge in [-0.15, -0.1) is 11.3 Å². The summed E-state index contributed by atoms with van der Waals surface area (Å²) in [5.74, 6) is 0.537. The molecule has 1 aromatic rings. The maximum absolute atomic E-state index is 10.7. The monoisotopic (exact) mass is 196 g/mol. The van der Waals surface area contributed by atoms with Crippen molar-refractivity contribution in [2.45, 2.75) is 31.6 Å². The Bertz CT molecular complexity index is 315. The van der Waals surface area contributed by atoms with Crippen molar-refractivity contribution < 1.29 is 4.79 Å². The van der Waals surface area contributed by atoms with E-state index in [2.05, 4.69) is 4.98 Å². The van der Waals surface area contributed by atoms with E-state index < -0.39 is 0 Å². The molecule has 2 N–H and O–H groups in total. The molecule has 1 aliphatic carbocycles. The molecule has 0 atom stereocenters. The van der Waals surface area contributed by atoms with Crippen LogP contribution in [-0.2, 0) is 0 Å². The van der Waals surface area contributed by atoms with Crippen LogP contribution in [0.15, 0.2) is 0 Å². The zero-order chi connectivity index (χ0) is 9.26. The third-order valence-electron chi connectivity index (χ3n) is 2.54. The minimum atomic E-state index is 0.518. The molecule has 4 heteroatoms. The van der Waals surface area contributed by atoms with Crippen LogP contribution < -0.4 is 5.73 Å². The summed E-state index contributed by atoms with van der Waals surface area (Å²) in [4.78, 5) is 15.8. The average Bonchev–Trinajstić information content (AvgIpc) is 2.71. The number of carbonyl (C=O) groups excluding carboxylic acids is 1. The van der Waals surface area contributed by atoms with Gasteiger partial charge in [0.05, 0.1) is 0 Å². The highest BCUT2D eigenvalue weighted by molar-refractivity contribution is 7.15. The fraction of sp³-hybridized carbons (Fsp3) is 0.556. The van der Waals surface area contributed by atoms with Crippen LogP contribution in [0.1, 0.15) is 47.0 Å². The van der Waals surface area contributed by atoms with E-state index in [9.17, 15) is 4.79 Å². The number of hydrogen-bond donors (Lipinski definition) is 1. The number of thiazole rings is 1. The van der Waals surface area contributed by atoms with Crippen molar-refractivity contribution >= 4 is 22.8 Å². The van der Waals surface area contributed by atoms with Crippen LogP contribution in [0.3, 0.4) is 0 Å². The van der Waals surface area contributed by atoms with Crippen molar-refractivity contribution in [2.24, 2.45) is 0 Å². The number of aromatic nitrogens is 1. The molecule has 70 valence electrons. The third-order valence-corrected chi connectivity index (χ3v) is 3.60. The normalized spacial score (nSPS) is 17.8. The second kappa shape index (κ2) is 3.46. The first kappa shape index (κ1) is 8.69. The molecule has 13 heavy (non-hydrogen) atoms. The molecule has 0 saturated heterocycles. The highest BCUT2D eigenvalue weighted by Gasteiger charge is 2.22. The highest BCUT2D eigenvalue weighted by atomic mass is 32.1. The van der Waals surface area contributed by atoms with Crippen LogP contribution in [-0.4, -0.2) is 11.3 Å². The minimum Gasteiger partial charge on any atom is -0.375 e. The molecular weight excluding hydrogens is 184 g/mol. The molecule has 1 aromatic heterocycles. The molecule has 3 nitrogen and oxygen atoms in total. The molecule has 0 unspecified atom stereocenters. The van der Waals surface area contributed by atoms with Gasteiger partial charge in [0.2, 0.25) is 0 Å². The average molecular weight is 196 g/mol. The van der Waals surface area contributed by atoms with Gasteiger partial charge in [-0.1, -0.05) is 12.8 Å². The first-order valence-electron chi connectivity index (χ1n) is 4.52. The van der Waals surface area contributed by atoms with Gasteiger partial charge in [0.1, 0.15) is 5.69 Å². The molecule has 0 radical (unpaired) electrons. The number of carbonyl (C=O) groups is 1. The number of aldehydes is 1. The molecule has 0 spiro atoms. The summed E-state index contributed by atoms with van der Waals surface area (Å²) in [6, 6.07) is 0. The Morgan fingerprint density at radius 1 is 1.46 bits per heavy atom. The lowest BCUT2D eigenvalue weighted by atomic mass is 10.1. The van der Waals surface area contributed by atoms with Crippen LogP contribution in [0.25, 0.3) is 0 Å². The Balaban J connectivity index is 2.31. The minimum absolute atomic E-state index is 0.518. The van der Waals surface area contributed by atoms with Gasteiger partial charge in [0.15, 0.2) is 11.4 Å². The summed E-state index contributed by atoms with van der Waals surface area (Å²) >= 11 is 1.47. The topological polar surface area (TPSA) is 56.0 Å². The fourth-order valence-electron chi connectivity index (χ4n) is 1.93. The van der Waals surface area contributed by atoms with Crippen molar-refractivity contribution in [1.29, 1.82) is 0 Å². The Morgan fingerprint density at radius 2 is 2.15 bits per heavy atom. The number of nitrogen functional groups attached to an aromatic ring is 1. The number of rotatable bonds is 2. The van der Waals surface area contributed by atoms with Crippen LogP contribution in [0.4, 0.5) is 5.13 Å². The second-order valence-corrected chi connectivity index (χ2v) is 4.46. The molecule has 1 fully saturated rings. The Kier molecular flexibility index (Phi) is 2.31. The number of anilines is 1. The molecule has 0 aromatic carbocycles. The Morgan fingerprint density at radius 3 is 2.77 bits per heavy atom. The molecule has 0 bridgehead atoms. The molecule has 0 aliphatic heterocycles. The van der Waals surface area contributed by atoms with Crippen molar-refractivity contribution in [1.82, 2.24) is 4.98 Å². The van der Waals surface area contributed by atoms with E-state index in [1.807, 2.05) is 0 Å². The largest absolute Gasteiger partial charge is 0.375 e. The number of hydrogen-bond acceptors (Lipinski definition) is 4. The van der Waals surface area contributed by atoms with E-state index >= 15 is 0 Å². The van der Waals surface area contributed by atoms with Gasteiger partial charge in [-0.2, -0.15) is 0 Å². The van der Waals surface area contributed by atoms with Crippen molar-refractivity contribution in [3.63, 3.8) is 0 Å². The lowest BCUT2D eigenvalue weighted by Gasteiger charge is -2.04. The van der Waals surface area contributed by atoms with Crippen LogP contribution in [0.5, 0.6) is 0 Å². The third kappa shape index (κ3) is 1.58. The first-order valence-corrected chi connectivity index (χ1v) is 5.34. The molecule has 1 heterocycles. The highest BCUT2D eigenvalue weighted by Crippen LogP contribution is 2.38. The Labute approximate surface area is 81.0 Å². The quantitative estimate of drug-likeness (QED) is 0.738. The summed E-state index contributed by atoms with van der Waals surface area (Å²) in [5.41, 5.74) is 6.14. The number of nitrogens with two attached hydrogens (primary N) is 1. The summed E-state index contributed by atoms with van der Waals surface area (Å²) in [5, 5.41) is 0.518. The van der Waals surface area contributed by atoms with Gasteiger partial charge in [-0.05, 0) is 18.8 Å². The van der Waals surface area contributed by atoms with E-state index in [0.717, 1.165) is 11.2 Å². The van der Waals surface area contributed by atoms with E-state index in [4.69, 9.17) is 5.73 Å². The van der Waals surface area contributed by atoms with E-state index in [-0.39, 0.29) is 0 Å². The SMILES string of the molecule is Nc1nc(C=O)c(C2CCCC2)s1. The smallest absolute Gasteiger partial charge is 0.180 e. The van der Waals surface area contributed by atoms with E-state index in [1.54, 1.807) is 0 Å². The zero-order valence-electron chi connectivity index (χ0n) is 7.32. The van der Waals surface area contributed by atoms with Crippen molar-refractivity contribution in [3.05, 3.63) is 10.6 Å². The van der Waals surface area contributed by atoms with Gasteiger partial charge in [0, 0.05) is 4.88 Å². The second-order valence-electron chi connectivity index (χ2n) is 3.40.